The van der Waals surface area contributed by atoms with Crippen molar-refractivity contribution in [1.29, 1.82) is 0 Å². The highest BCUT2D eigenvalue weighted by Crippen LogP contribution is 2.39. The molecular formula is C11H15F4NS. The molecule has 1 aromatic heterocycles. The summed E-state index contributed by atoms with van der Waals surface area (Å²) in [4.78, 5) is 1.49. The summed E-state index contributed by atoms with van der Waals surface area (Å²) in [6, 6.07) is -0.0821. The van der Waals surface area contributed by atoms with E-state index in [9.17, 15) is 17.6 Å². The van der Waals surface area contributed by atoms with Crippen LogP contribution in [0.5, 0.6) is 0 Å². The second-order valence-corrected chi connectivity index (χ2v) is 5.29. The van der Waals surface area contributed by atoms with Gasteiger partial charge in [-0.25, -0.2) is 8.78 Å². The van der Waals surface area contributed by atoms with E-state index in [0.29, 0.717) is 4.88 Å². The van der Waals surface area contributed by atoms with Gasteiger partial charge in [-0.05, 0) is 32.0 Å². The molecule has 1 N–H and O–H groups in total. The Hall–Kier alpha value is -0.620. The molecule has 0 spiro atoms. The summed E-state index contributed by atoms with van der Waals surface area (Å²) in [5.41, 5.74) is 0.264. The van der Waals surface area contributed by atoms with Crippen molar-refractivity contribution in [2.45, 2.75) is 39.2 Å². The quantitative estimate of drug-likeness (QED) is 0.799. The lowest BCUT2D eigenvalue weighted by Crippen LogP contribution is -2.42. The van der Waals surface area contributed by atoms with Gasteiger partial charge in [0, 0.05) is 9.75 Å². The predicted molar refractivity (Wildman–Crippen MR) is 61.2 cm³/mol. The van der Waals surface area contributed by atoms with E-state index in [1.165, 1.54) is 11.3 Å². The molecule has 0 aliphatic carbocycles. The van der Waals surface area contributed by atoms with Crippen molar-refractivity contribution in [1.82, 2.24) is 5.32 Å². The first kappa shape index (κ1) is 14.4. The van der Waals surface area contributed by atoms with Crippen LogP contribution in [-0.2, 0) is 0 Å². The van der Waals surface area contributed by atoms with E-state index in [1.807, 2.05) is 0 Å². The van der Waals surface area contributed by atoms with Crippen LogP contribution in [0.3, 0.4) is 0 Å². The van der Waals surface area contributed by atoms with Crippen LogP contribution in [0, 0.1) is 13.8 Å². The molecule has 1 unspecified atom stereocenters. The van der Waals surface area contributed by atoms with Crippen molar-refractivity contribution in [3.05, 3.63) is 21.4 Å². The van der Waals surface area contributed by atoms with Gasteiger partial charge in [-0.2, -0.15) is 8.78 Å². The molecule has 0 radical (unpaired) electrons. The molecular weight excluding hydrogens is 254 g/mol. The molecule has 17 heavy (non-hydrogen) atoms. The number of halogens is 4. The SMILES string of the molecule is CCNC(c1cc(C)sc1C)C(F)(F)C(F)F. The second-order valence-electron chi connectivity index (χ2n) is 3.83. The van der Waals surface area contributed by atoms with Crippen LogP contribution in [-0.4, -0.2) is 18.9 Å². The number of thiophene rings is 1. The summed E-state index contributed by atoms with van der Waals surface area (Å²) in [7, 11) is 0. The molecule has 0 fully saturated rings. The third-order valence-electron chi connectivity index (χ3n) is 2.47. The molecule has 0 aromatic carbocycles. The molecule has 1 atom stereocenters. The van der Waals surface area contributed by atoms with E-state index in [1.54, 1.807) is 26.8 Å². The third kappa shape index (κ3) is 2.98. The zero-order chi connectivity index (χ0) is 13.2. The minimum atomic E-state index is -4.06. The number of nitrogens with one attached hydrogen (secondary N) is 1. The average molecular weight is 269 g/mol. The van der Waals surface area contributed by atoms with Crippen molar-refractivity contribution in [2.75, 3.05) is 6.54 Å². The molecule has 1 nitrogen and oxygen atoms in total. The van der Waals surface area contributed by atoms with Gasteiger partial charge in [0.1, 0.15) is 6.04 Å². The Bertz CT molecular complexity index is 376. The summed E-state index contributed by atoms with van der Waals surface area (Å²) in [5.74, 6) is -4.06. The lowest BCUT2D eigenvalue weighted by molar-refractivity contribution is -0.151. The Kier molecular flexibility index (Phi) is 4.55. The number of alkyl halides is 4. The van der Waals surface area contributed by atoms with Gasteiger partial charge in [-0.1, -0.05) is 6.92 Å². The average Bonchev–Trinajstić information content (AvgIpc) is 2.53. The Labute approximate surface area is 102 Å². The summed E-state index contributed by atoms with van der Waals surface area (Å²) < 4.78 is 51.8. The van der Waals surface area contributed by atoms with Crippen molar-refractivity contribution in [2.24, 2.45) is 0 Å². The zero-order valence-corrected chi connectivity index (χ0v) is 10.7. The van der Waals surface area contributed by atoms with Gasteiger partial charge in [-0.3, -0.25) is 0 Å². The minimum Gasteiger partial charge on any atom is -0.305 e. The van der Waals surface area contributed by atoms with Crippen LogP contribution >= 0.6 is 11.3 Å². The number of rotatable bonds is 5. The lowest BCUT2D eigenvalue weighted by atomic mass is 10.0. The normalized spacial score (nSPS) is 14.4. The van der Waals surface area contributed by atoms with Gasteiger partial charge >= 0.3 is 12.3 Å². The molecule has 0 bridgehead atoms. The van der Waals surface area contributed by atoms with E-state index < -0.39 is 18.4 Å². The maximum Gasteiger partial charge on any atom is 0.326 e. The van der Waals surface area contributed by atoms with Gasteiger partial charge in [0.25, 0.3) is 0 Å². The number of aryl methyl sites for hydroxylation is 2. The Morgan fingerprint density at radius 3 is 2.29 bits per heavy atom. The fourth-order valence-electron chi connectivity index (χ4n) is 1.72. The molecule has 0 saturated carbocycles. The highest BCUT2D eigenvalue weighted by Gasteiger charge is 2.49. The van der Waals surface area contributed by atoms with Crippen molar-refractivity contribution in [3.63, 3.8) is 0 Å². The minimum absolute atomic E-state index is 0.210. The number of hydrogen-bond acceptors (Lipinski definition) is 2. The van der Waals surface area contributed by atoms with Crippen molar-refractivity contribution < 1.29 is 17.6 Å². The van der Waals surface area contributed by atoms with Gasteiger partial charge in [-0.15, -0.1) is 11.3 Å². The predicted octanol–water partition coefficient (Wildman–Crippen LogP) is 3.92. The highest BCUT2D eigenvalue weighted by atomic mass is 32.1. The van der Waals surface area contributed by atoms with E-state index in [2.05, 4.69) is 5.32 Å². The smallest absolute Gasteiger partial charge is 0.305 e. The molecule has 0 aliphatic heterocycles. The summed E-state index contributed by atoms with van der Waals surface area (Å²) in [5, 5.41) is 2.45. The van der Waals surface area contributed by atoms with Crippen molar-refractivity contribution in [3.8, 4) is 0 Å². The first-order valence-electron chi connectivity index (χ1n) is 5.27. The molecule has 0 amide bonds. The highest BCUT2D eigenvalue weighted by molar-refractivity contribution is 7.12. The molecule has 1 rings (SSSR count). The summed E-state index contributed by atoms with van der Waals surface area (Å²) >= 11 is 1.33. The zero-order valence-electron chi connectivity index (χ0n) is 9.86. The molecule has 1 heterocycles. The molecule has 98 valence electrons. The Balaban J connectivity index is 3.13. The van der Waals surface area contributed by atoms with E-state index in [4.69, 9.17) is 0 Å². The Morgan fingerprint density at radius 1 is 1.35 bits per heavy atom. The van der Waals surface area contributed by atoms with E-state index in [-0.39, 0.29) is 12.1 Å². The van der Waals surface area contributed by atoms with Crippen LogP contribution in [0.15, 0.2) is 6.07 Å². The second kappa shape index (κ2) is 5.35. The van der Waals surface area contributed by atoms with Gasteiger partial charge in [0.2, 0.25) is 0 Å². The van der Waals surface area contributed by atoms with Crippen LogP contribution < -0.4 is 5.32 Å². The first-order chi connectivity index (χ1) is 7.80. The fourth-order valence-corrected chi connectivity index (χ4v) is 2.68. The van der Waals surface area contributed by atoms with Gasteiger partial charge in [0.15, 0.2) is 0 Å². The largest absolute Gasteiger partial charge is 0.326 e. The molecule has 6 heteroatoms. The third-order valence-corrected chi connectivity index (χ3v) is 3.46. The van der Waals surface area contributed by atoms with Gasteiger partial charge < -0.3 is 5.32 Å². The van der Waals surface area contributed by atoms with Crippen molar-refractivity contribution >= 4 is 11.3 Å². The van der Waals surface area contributed by atoms with Crippen LogP contribution in [0.1, 0.15) is 28.3 Å². The lowest BCUT2D eigenvalue weighted by Gasteiger charge is -2.27. The summed E-state index contributed by atoms with van der Waals surface area (Å²) in [6.45, 7) is 5.26. The maximum absolute atomic E-state index is 13.5. The summed E-state index contributed by atoms with van der Waals surface area (Å²) in [6.07, 6.45) is -3.67. The van der Waals surface area contributed by atoms with Crippen LogP contribution in [0.2, 0.25) is 0 Å². The molecule has 0 saturated heterocycles. The van der Waals surface area contributed by atoms with E-state index in [0.717, 1.165) is 4.88 Å². The standard InChI is InChI=1S/C11H15F4NS/c1-4-16-9(11(14,15)10(12)13)8-5-6(2)17-7(8)3/h5,9-10,16H,4H2,1-3H3. The topological polar surface area (TPSA) is 12.0 Å². The molecule has 1 aromatic rings. The van der Waals surface area contributed by atoms with Crippen LogP contribution in [0.4, 0.5) is 17.6 Å². The number of hydrogen-bond donors (Lipinski definition) is 1. The molecule has 0 aliphatic rings. The fraction of sp³-hybridized carbons (Fsp3) is 0.636. The Morgan fingerprint density at radius 2 is 1.94 bits per heavy atom. The van der Waals surface area contributed by atoms with E-state index >= 15 is 0 Å². The first-order valence-corrected chi connectivity index (χ1v) is 6.08. The van der Waals surface area contributed by atoms with Crippen LogP contribution in [0.25, 0.3) is 0 Å². The maximum atomic E-state index is 13.5. The monoisotopic (exact) mass is 269 g/mol. The van der Waals surface area contributed by atoms with Gasteiger partial charge in [0.05, 0.1) is 0 Å².